The van der Waals surface area contributed by atoms with Gasteiger partial charge in [-0.15, -0.1) is 0 Å². The number of amides is 1. The Morgan fingerprint density at radius 3 is 2.47 bits per heavy atom. The van der Waals surface area contributed by atoms with Gasteiger partial charge in [0.1, 0.15) is 6.04 Å². The Balaban J connectivity index is 2.37. The third-order valence-corrected chi connectivity index (χ3v) is 5.55. The van der Waals surface area contributed by atoms with Crippen molar-refractivity contribution in [3.05, 3.63) is 73.9 Å². The molecule has 0 fully saturated rings. The molecule has 2 aromatic carbocycles. The number of fused-ring (bicyclic) bond motifs is 1. The molecule has 0 unspecified atom stereocenters. The van der Waals surface area contributed by atoms with Crippen LogP contribution in [0.2, 0.25) is 5.02 Å². The van der Waals surface area contributed by atoms with Crippen molar-refractivity contribution in [1.29, 1.82) is 0 Å². The van der Waals surface area contributed by atoms with Gasteiger partial charge in [-0.2, -0.15) is 0 Å². The van der Waals surface area contributed by atoms with E-state index in [4.69, 9.17) is 11.6 Å². The molecule has 7 heteroatoms. The second kappa shape index (κ2) is 8.88. The molecule has 0 bridgehead atoms. The summed E-state index contributed by atoms with van der Waals surface area (Å²) in [6, 6.07) is 11.1. The topological polar surface area (TPSA) is 73.1 Å². The van der Waals surface area contributed by atoms with Crippen molar-refractivity contribution in [2.24, 2.45) is 0 Å². The first kappa shape index (κ1) is 21.8. The number of nitrogens with one attached hydrogen (secondary N) is 1. The minimum Gasteiger partial charge on any atom is -0.352 e. The Morgan fingerprint density at radius 2 is 1.83 bits per heavy atom. The largest absolute Gasteiger partial charge is 0.352 e. The zero-order valence-corrected chi connectivity index (χ0v) is 18.4. The summed E-state index contributed by atoms with van der Waals surface area (Å²) in [6.07, 6.45) is 1.16. The highest BCUT2D eigenvalue weighted by atomic mass is 35.5. The summed E-state index contributed by atoms with van der Waals surface area (Å²) in [7, 11) is 0. The number of benzene rings is 2. The summed E-state index contributed by atoms with van der Waals surface area (Å²) in [5.41, 5.74) is 0.737. The summed E-state index contributed by atoms with van der Waals surface area (Å²) < 4.78 is 2.52. The summed E-state index contributed by atoms with van der Waals surface area (Å²) in [5, 5.41) is 3.67. The minimum absolute atomic E-state index is 0.0280. The number of aryl methyl sites for hydroxylation is 1. The monoisotopic (exact) mass is 427 g/mol. The van der Waals surface area contributed by atoms with Crippen LogP contribution < -0.4 is 16.6 Å². The number of aromatic nitrogens is 2. The van der Waals surface area contributed by atoms with Gasteiger partial charge in [0.05, 0.1) is 16.6 Å². The molecule has 3 rings (SSSR count). The minimum atomic E-state index is -0.774. The third-order valence-electron chi connectivity index (χ3n) is 5.31. The predicted octanol–water partition coefficient (Wildman–Crippen LogP) is 3.98. The van der Waals surface area contributed by atoms with Crippen LogP contribution in [0.5, 0.6) is 0 Å². The van der Waals surface area contributed by atoms with E-state index >= 15 is 0 Å². The lowest BCUT2D eigenvalue weighted by Gasteiger charge is -2.23. The molecule has 0 saturated heterocycles. The lowest BCUT2D eigenvalue weighted by molar-refractivity contribution is -0.125. The molecule has 30 heavy (non-hydrogen) atoms. The van der Waals surface area contributed by atoms with Crippen LogP contribution in [0.3, 0.4) is 0 Å². The maximum absolute atomic E-state index is 13.6. The number of hydrogen-bond donors (Lipinski definition) is 1. The average Bonchev–Trinajstić information content (AvgIpc) is 2.70. The first-order valence-electron chi connectivity index (χ1n) is 10.1. The van der Waals surface area contributed by atoms with Crippen molar-refractivity contribution < 1.29 is 4.79 Å². The van der Waals surface area contributed by atoms with Crippen LogP contribution in [0.15, 0.2) is 52.1 Å². The van der Waals surface area contributed by atoms with E-state index in [-0.39, 0.29) is 11.9 Å². The molecule has 3 aromatic rings. The van der Waals surface area contributed by atoms with E-state index in [0.29, 0.717) is 28.0 Å². The first-order chi connectivity index (χ1) is 14.3. The Kier molecular flexibility index (Phi) is 6.46. The van der Waals surface area contributed by atoms with E-state index in [2.05, 4.69) is 5.32 Å². The van der Waals surface area contributed by atoms with Crippen LogP contribution >= 0.6 is 11.6 Å². The van der Waals surface area contributed by atoms with Gasteiger partial charge in [0.15, 0.2) is 0 Å². The van der Waals surface area contributed by atoms with Crippen LogP contribution in [0.4, 0.5) is 0 Å². The fourth-order valence-electron chi connectivity index (χ4n) is 3.53. The zero-order chi connectivity index (χ0) is 22.0. The molecule has 158 valence electrons. The smallest absolute Gasteiger partial charge is 0.336 e. The number of halogens is 1. The molecule has 0 radical (unpaired) electrons. The van der Waals surface area contributed by atoms with Crippen LogP contribution in [-0.2, 0) is 4.79 Å². The second-order valence-corrected chi connectivity index (χ2v) is 7.97. The van der Waals surface area contributed by atoms with Gasteiger partial charge < -0.3 is 5.32 Å². The molecule has 6 nitrogen and oxygen atoms in total. The summed E-state index contributed by atoms with van der Waals surface area (Å²) >= 11 is 6.18. The van der Waals surface area contributed by atoms with Gasteiger partial charge in [0.25, 0.3) is 5.56 Å². The van der Waals surface area contributed by atoms with Crippen molar-refractivity contribution in [1.82, 2.24) is 14.5 Å². The number of rotatable bonds is 6. The fraction of sp³-hybridized carbons (Fsp3) is 0.348. The van der Waals surface area contributed by atoms with Gasteiger partial charge in [-0.25, -0.2) is 9.36 Å². The highest BCUT2D eigenvalue weighted by Gasteiger charge is 2.26. The van der Waals surface area contributed by atoms with E-state index in [1.54, 1.807) is 36.4 Å². The maximum atomic E-state index is 13.6. The van der Waals surface area contributed by atoms with Gasteiger partial charge in [0.2, 0.25) is 5.91 Å². The predicted molar refractivity (Wildman–Crippen MR) is 121 cm³/mol. The quantitative estimate of drug-likeness (QED) is 0.646. The normalized spacial score (nSPS) is 13.2. The SMILES string of the molecule is CC[C@@H](C)NC(=O)[C@H](CC)n1c(=O)n(-c2cccc(C)c2)c(=O)c2ccc(Cl)cc21. The summed E-state index contributed by atoms with van der Waals surface area (Å²) in [4.78, 5) is 39.8. The lowest BCUT2D eigenvalue weighted by Crippen LogP contribution is -2.45. The van der Waals surface area contributed by atoms with Gasteiger partial charge in [-0.05, 0) is 62.6 Å². The van der Waals surface area contributed by atoms with Crippen LogP contribution in [0.1, 0.15) is 45.2 Å². The molecule has 1 heterocycles. The van der Waals surface area contributed by atoms with Gasteiger partial charge in [-0.1, -0.05) is 37.6 Å². The van der Waals surface area contributed by atoms with E-state index in [1.807, 2.05) is 33.8 Å². The van der Waals surface area contributed by atoms with Crippen molar-refractivity contribution in [2.45, 2.75) is 52.6 Å². The highest BCUT2D eigenvalue weighted by Crippen LogP contribution is 2.21. The number of carbonyl (C=O) groups is 1. The van der Waals surface area contributed by atoms with Gasteiger partial charge in [0, 0.05) is 11.1 Å². The average molecular weight is 428 g/mol. The van der Waals surface area contributed by atoms with E-state index in [9.17, 15) is 14.4 Å². The van der Waals surface area contributed by atoms with E-state index < -0.39 is 17.3 Å². The number of nitrogens with zero attached hydrogens (tertiary/aromatic N) is 2. The molecule has 1 amide bonds. The molecule has 0 aliphatic rings. The molecule has 1 aromatic heterocycles. The Morgan fingerprint density at radius 1 is 1.10 bits per heavy atom. The van der Waals surface area contributed by atoms with Gasteiger partial charge >= 0.3 is 5.69 Å². The summed E-state index contributed by atoms with van der Waals surface area (Å²) in [5.74, 6) is -0.260. The van der Waals surface area contributed by atoms with Crippen molar-refractivity contribution in [3.8, 4) is 5.69 Å². The Hall–Kier alpha value is -2.86. The number of carbonyl (C=O) groups excluding carboxylic acids is 1. The zero-order valence-electron chi connectivity index (χ0n) is 17.6. The van der Waals surface area contributed by atoms with Crippen molar-refractivity contribution in [3.63, 3.8) is 0 Å². The molecule has 0 aliphatic carbocycles. The molecular weight excluding hydrogens is 402 g/mol. The molecule has 0 saturated carbocycles. The Bertz CT molecular complexity index is 1210. The van der Waals surface area contributed by atoms with Crippen molar-refractivity contribution >= 4 is 28.4 Å². The van der Waals surface area contributed by atoms with Crippen LogP contribution in [0, 0.1) is 6.92 Å². The van der Waals surface area contributed by atoms with Gasteiger partial charge in [-0.3, -0.25) is 14.2 Å². The highest BCUT2D eigenvalue weighted by molar-refractivity contribution is 6.31. The fourth-order valence-corrected chi connectivity index (χ4v) is 3.69. The number of hydrogen-bond acceptors (Lipinski definition) is 3. The second-order valence-electron chi connectivity index (χ2n) is 7.54. The van der Waals surface area contributed by atoms with Crippen LogP contribution in [-0.4, -0.2) is 21.1 Å². The standard InChI is InChI=1S/C23H26ClN3O3/c1-5-15(4)25-21(28)19(6-2)27-20-13-16(24)10-11-18(20)22(29)26(23(27)30)17-9-7-8-14(3)12-17/h7-13,15,19H,5-6H2,1-4H3,(H,25,28)/t15-,19+/m1/s1. The lowest BCUT2D eigenvalue weighted by atomic mass is 10.1. The van der Waals surface area contributed by atoms with Crippen LogP contribution in [0.25, 0.3) is 16.6 Å². The van der Waals surface area contributed by atoms with E-state index in [1.165, 1.54) is 4.57 Å². The molecular formula is C23H26ClN3O3. The molecule has 1 N–H and O–H groups in total. The third kappa shape index (κ3) is 4.05. The summed E-state index contributed by atoms with van der Waals surface area (Å²) in [6.45, 7) is 7.62. The Labute approximate surface area is 180 Å². The molecule has 0 spiro atoms. The molecule has 2 atom stereocenters. The maximum Gasteiger partial charge on any atom is 0.336 e. The first-order valence-corrected chi connectivity index (χ1v) is 10.5. The molecule has 0 aliphatic heterocycles. The van der Waals surface area contributed by atoms with Crippen molar-refractivity contribution in [2.75, 3.05) is 0 Å². The van der Waals surface area contributed by atoms with E-state index in [0.717, 1.165) is 16.6 Å².